The topological polar surface area (TPSA) is 29.1 Å². The molecule has 0 aromatic heterocycles. The van der Waals surface area contributed by atoms with Gasteiger partial charge in [0.2, 0.25) is 0 Å². The number of nitrogens with one attached hydrogen (secondary N) is 1. The van der Waals surface area contributed by atoms with Crippen LogP contribution in [0.2, 0.25) is 10.0 Å². The molecule has 0 unspecified atom stereocenters. The van der Waals surface area contributed by atoms with E-state index in [9.17, 15) is 4.79 Å². The molecule has 2 aromatic carbocycles. The third-order valence-electron chi connectivity index (χ3n) is 2.36. The Morgan fingerprint density at radius 3 is 2.53 bits per heavy atom. The summed E-state index contributed by atoms with van der Waals surface area (Å²) in [6.45, 7) is 0. The number of anilines is 1. The highest BCUT2D eigenvalue weighted by Gasteiger charge is 2.12. The molecule has 0 heterocycles. The minimum absolute atomic E-state index is 0.262. The zero-order valence-corrected chi connectivity index (χ0v) is 14.6. The maximum atomic E-state index is 12.1. The summed E-state index contributed by atoms with van der Waals surface area (Å²) in [5, 5.41) is 3.65. The zero-order valence-electron chi connectivity index (χ0n) is 9.38. The summed E-state index contributed by atoms with van der Waals surface area (Å²) in [7, 11) is 0. The average Bonchev–Trinajstić information content (AvgIpc) is 2.32. The molecule has 0 aliphatic rings. The van der Waals surface area contributed by atoms with Gasteiger partial charge in [0.1, 0.15) is 0 Å². The van der Waals surface area contributed by atoms with Gasteiger partial charge in [-0.05, 0) is 59.0 Å². The van der Waals surface area contributed by atoms with Crippen LogP contribution in [0, 0.1) is 3.57 Å². The molecule has 0 saturated heterocycles. The van der Waals surface area contributed by atoms with Crippen LogP contribution in [-0.4, -0.2) is 5.91 Å². The first-order valence-corrected chi connectivity index (χ1v) is 7.81. The number of benzene rings is 2. The fourth-order valence-corrected chi connectivity index (χ4v) is 3.39. The van der Waals surface area contributed by atoms with E-state index in [1.54, 1.807) is 18.2 Å². The van der Waals surface area contributed by atoms with E-state index in [4.69, 9.17) is 23.2 Å². The highest BCUT2D eigenvalue weighted by Crippen LogP contribution is 2.25. The van der Waals surface area contributed by atoms with Gasteiger partial charge in [0.05, 0.1) is 16.3 Å². The quantitative estimate of drug-likeness (QED) is 0.568. The molecule has 0 atom stereocenters. The van der Waals surface area contributed by atoms with E-state index in [-0.39, 0.29) is 5.91 Å². The summed E-state index contributed by atoms with van der Waals surface area (Å²) in [6, 6.07) is 10.4. The van der Waals surface area contributed by atoms with Crippen molar-refractivity contribution in [1.82, 2.24) is 0 Å². The normalized spacial score (nSPS) is 10.3. The second-order valence-electron chi connectivity index (χ2n) is 3.70. The summed E-state index contributed by atoms with van der Waals surface area (Å²) >= 11 is 17.3. The molecule has 19 heavy (non-hydrogen) atoms. The van der Waals surface area contributed by atoms with Gasteiger partial charge in [0.25, 0.3) is 5.91 Å². The molecule has 2 rings (SSSR count). The van der Waals surface area contributed by atoms with Crippen LogP contribution in [0.1, 0.15) is 10.4 Å². The maximum Gasteiger partial charge on any atom is 0.257 e. The van der Waals surface area contributed by atoms with E-state index in [0.29, 0.717) is 15.6 Å². The third-order valence-corrected chi connectivity index (χ3v) is 4.29. The molecule has 0 saturated carbocycles. The Labute approximate surface area is 142 Å². The van der Waals surface area contributed by atoms with Crippen molar-refractivity contribution >= 4 is 73.3 Å². The van der Waals surface area contributed by atoms with Crippen LogP contribution in [0.4, 0.5) is 5.69 Å². The van der Waals surface area contributed by atoms with Gasteiger partial charge in [-0.1, -0.05) is 39.1 Å². The molecule has 0 bridgehead atoms. The number of carbonyl (C=O) groups excluding carboxylic acids is 1. The van der Waals surface area contributed by atoms with Crippen molar-refractivity contribution in [3.8, 4) is 0 Å². The van der Waals surface area contributed by atoms with Crippen LogP contribution in [-0.2, 0) is 0 Å². The fourth-order valence-electron chi connectivity index (χ4n) is 1.45. The summed E-state index contributed by atoms with van der Waals surface area (Å²) in [5.41, 5.74) is 1.13. The highest BCUT2D eigenvalue weighted by molar-refractivity contribution is 14.1. The standard InChI is InChI=1S/C13H7BrCl2INO/c14-7-1-4-12(11(17)5-7)18-13(19)9-3-2-8(15)6-10(9)16/h1-6H,(H,18,19). The van der Waals surface area contributed by atoms with Crippen LogP contribution in [0.15, 0.2) is 40.9 Å². The zero-order chi connectivity index (χ0) is 14.0. The Morgan fingerprint density at radius 1 is 1.16 bits per heavy atom. The van der Waals surface area contributed by atoms with E-state index in [2.05, 4.69) is 43.8 Å². The number of carbonyl (C=O) groups is 1. The first-order chi connectivity index (χ1) is 8.97. The molecule has 98 valence electrons. The minimum Gasteiger partial charge on any atom is -0.321 e. The molecule has 0 aliphatic carbocycles. The fraction of sp³-hybridized carbons (Fsp3) is 0. The second kappa shape index (κ2) is 6.43. The number of rotatable bonds is 2. The molecule has 6 heteroatoms. The van der Waals surface area contributed by atoms with Gasteiger partial charge in [-0.2, -0.15) is 0 Å². The lowest BCUT2D eigenvalue weighted by Gasteiger charge is -2.09. The van der Waals surface area contributed by atoms with E-state index < -0.39 is 0 Å². The molecule has 1 amide bonds. The number of hydrogen-bond donors (Lipinski definition) is 1. The second-order valence-corrected chi connectivity index (χ2v) is 6.62. The van der Waals surface area contributed by atoms with Gasteiger partial charge in [-0.15, -0.1) is 0 Å². The molecule has 0 aliphatic heterocycles. The van der Waals surface area contributed by atoms with Crippen LogP contribution in [0.25, 0.3) is 0 Å². The molecular weight excluding hydrogens is 464 g/mol. The Morgan fingerprint density at radius 2 is 1.89 bits per heavy atom. The molecule has 1 N–H and O–H groups in total. The van der Waals surface area contributed by atoms with Crippen LogP contribution in [0.3, 0.4) is 0 Å². The summed E-state index contributed by atoms with van der Waals surface area (Å²) in [4.78, 5) is 12.1. The average molecular weight is 471 g/mol. The van der Waals surface area contributed by atoms with Gasteiger partial charge in [-0.25, -0.2) is 0 Å². The lowest BCUT2D eigenvalue weighted by atomic mass is 10.2. The van der Waals surface area contributed by atoms with Crippen molar-refractivity contribution in [3.05, 3.63) is 60.0 Å². The van der Waals surface area contributed by atoms with Gasteiger partial charge in [0, 0.05) is 13.1 Å². The van der Waals surface area contributed by atoms with Gasteiger partial charge in [0.15, 0.2) is 0 Å². The van der Waals surface area contributed by atoms with Crippen molar-refractivity contribution in [2.24, 2.45) is 0 Å². The van der Waals surface area contributed by atoms with Crippen molar-refractivity contribution in [2.75, 3.05) is 5.32 Å². The largest absolute Gasteiger partial charge is 0.321 e. The summed E-state index contributed by atoms with van der Waals surface area (Å²) in [6.07, 6.45) is 0. The van der Waals surface area contributed by atoms with Crippen LogP contribution in [0.5, 0.6) is 0 Å². The third kappa shape index (κ3) is 3.84. The maximum absolute atomic E-state index is 12.1. The smallest absolute Gasteiger partial charge is 0.257 e. The van der Waals surface area contributed by atoms with E-state index in [0.717, 1.165) is 13.7 Å². The lowest BCUT2D eigenvalue weighted by molar-refractivity contribution is 0.102. The molecule has 2 aromatic rings. The molecule has 0 radical (unpaired) electrons. The Balaban J connectivity index is 2.25. The van der Waals surface area contributed by atoms with Gasteiger partial charge in [-0.3, -0.25) is 4.79 Å². The van der Waals surface area contributed by atoms with Gasteiger partial charge < -0.3 is 5.32 Å². The number of halogens is 4. The predicted octanol–water partition coefficient (Wildman–Crippen LogP) is 5.61. The first-order valence-electron chi connectivity index (χ1n) is 5.19. The Kier molecular flexibility index (Phi) is 5.11. The number of hydrogen-bond acceptors (Lipinski definition) is 1. The Hall–Kier alpha value is -0.300. The van der Waals surface area contributed by atoms with E-state index >= 15 is 0 Å². The summed E-state index contributed by atoms with van der Waals surface area (Å²) < 4.78 is 1.89. The van der Waals surface area contributed by atoms with Crippen molar-refractivity contribution in [1.29, 1.82) is 0 Å². The molecule has 0 spiro atoms. The van der Waals surface area contributed by atoms with E-state index in [1.807, 2.05) is 18.2 Å². The summed E-state index contributed by atoms with van der Waals surface area (Å²) in [5.74, 6) is -0.262. The predicted molar refractivity (Wildman–Crippen MR) is 91.3 cm³/mol. The highest BCUT2D eigenvalue weighted by atomic mass is 127. The van der Waals surface area contributed by atoms with Crippen molar-refractivity contribution in [3.63, 3.8) is 0 Å². The van der Waals surface area contributed by atoms with Crippen LogP contribution < -0.4 is 5.32 Å². The first kappa shape index (κ1) is 15.1. The monoisotopic (exact) mass is 469 g/mol. The SMILES string of the molecule is O=C(Nc1ccc(Br)cc1I)c1ccc(Cl)cc1Cl. The van der Waals surface area contributed by atoms with Crippen molar-refractivity contribution < 1.29 is 4.79 Å². The molecular formula is C13H7BrCl2INO. The molecule has 0 fully saturated rings. The van der Waals surface area contributed by atoms with Crippen LogP contribution >= 0.6 is 61.7 Å². The van der Waals surface area contributed by atoms with Crippen molar-refractivity contribution in [2.45, 2.75) is 0 Å². The minimum atomic E-state index is -0.262. The molecule has 2 nitrogen and oxygen atoms in total. The van der Waals surface area contributed by atoms with E-state index in [1.165, 1.54) is 0 Å². The number of amides is 1. The van der Waals surface area contributed by atoms with Gasteiger partial charge >= 0.3 is 0 Å². The Bertz CT molecular complexity index is 649. The lowest BCUT2D eigenvalue weighted by Crippen LogP contribution is -2.13.